The first kappa shape index (κ1) is 13.9. The van der Waals surface area contributed by atoms with Crippen LogP contribution in [0.5, 0.6) is 5.75 Å². The monoisotopic (exact) mass is 262 g/mol. The molecule has 1 amide bonds. The number of phenolic OH excluding ortho intramolecular Hbond substituents is 1. The van der Waals surface area contributed by atoms with Crippen LogP contribution in [0.15, 0.2) is 24.3 Å². The highest BCUT2D eigenvalue weighted by atomic mass is 16.3. The van der Waals surface area contributed by atoms with Crippen molar-refractivity contribution in [3.05, 3.63) is 29.8 Å². The van der Waals surface area contributed by atoms with Crippen molar-refractivity contribution >= 4 is 5.91 Å². The minimum Gasteiger partial charge on any atom is -0.508 e. The van der Waals surface area contributed by atoms with Crippen molar-refractivity contribution in [3.63, 3.8) is 0 Å². The molecule has 1 aliphatic rings. The molecule has 0 aliphatic heterocycles. The number of amides is 1. The third-order valence-electron chi connectivity index (χ3n) is 3.99. The van der Waals surface area contributed by atoms with Crippen molar-refractivity contribution in [1.82, 2.24) is 5.32 Å². The zero-order chi connectivity index (χ0) is 13.7. The summed E-state index contributed by atoms with van der Waals surface area (Å²) in [6.45, 7) is 0.952. The van der Waals surface area contributed by atoms with Crippen molar-refractivity contribution in [1.29, 1.82) is 0 Å². The van der Waals surface area contributed by atoms with Crippen LogP contribution in [0.1, 0.15) is 31.2 Å². The number of carbonyl (C=O) groups excluding carboxylic acids is 1. The molecule has 0 radical (unpaired) electrons. The Labute approximate surface area is 114 Å². The Hall–Kier alpha value is -1.55. The number of hydrogen-bond donors (Lipinski definition) is 3. The fourth-order valence-corrected chi connectivity index (χ4v) is 2.81. The molecule has 0 heterocycles. The Morgan fingerprint density at radius 2 is 2.05 bits per heavy atom. The first-order chi connectivity index (χ1) is 9.22. The van der Waals surface area contributed by atoms with E-state index in [2.05, 4.69) is 5.32 Å². The molecule has 1 aromatic carbocycles. The fourth-order valence-electron chi connectivity index (χ4n) is 2.81. The highest BCUT2D eigenvalue weighted by molar-refractivity contribution is 5.79. The third-order valence-corrected chi connectivity index (χ3v) is 3.99. The lowest BCUT2D eigenvalue weighted by Crippen LogP contribution is -2.39. The average molecular weight is 262 g/mol. The summed E-state index contributed by atoms with van der Waals surface area (Å²) in [4.78, 5) is 12.2. The molecular weight excluding hydrogens is 240 g/mol. The minimum atomic E-state index is 0.0320. The molecule has 1 aromatic rings. The molecule has 4 heteroatoms. The predicted octanol–water partition coefficient (Wildman–Crippen LogP) is 1.77. The van der Waals surface area contributed by atoms with Gasteiger partial charge >= 0.3 is 0 Å². The lowest BCUT2D eigenvalue weighted by Gasteiger charge is -2.29. The van der Waals surface area contributed by atoms with E-state index in [1.165, 1.54) is 6.42 Å². The number of carbonyl (C=O) groups is 1. The second-order valence-electron chi connectivity index (χ2n) is 5.23. The molecule has 0 spiro atoms. The quantitative estimate of drug-likeness (QED) is 0.774. The maximum absolute atomic E-state index is 12.2. The van der Waals surface area contributed by atoms with Crippen molar-refractivity contribution in [3.8, 4) is 5.75 Å². The zero-order valence-electron chi connectivity index (χ0n) is 11.1. The van der Waals surface area contributed by atoms with E-state index in [-0.39, 0.29) is 17.6 Å². The summed E-state index contributed by atoms with van der Waals surface area (Å²) in [7, 11) is 0. The van der Waals surface area contributed by atoms with Crippen LogP contribution in [0.3, 0.4) is 0 Å². The number of phenols is 1. The number of para-hydroxylation sites is 1. The summed E-state index contributed by atoms with van der Waals surface area (Å²) in [5, 5.41) is 12.6. The van der Waals surface area contributed by atoms with E-state index in [1.54, 1.807) is 12.1 Å². The van der Waals surface area contributed by atoms with Gasteiger partial charge < -0.3 is 16.2 Å². The fraction of sp³-hybridized carbons (Fsp3) is 0.533. The van der Waals surface area contributed by atoms with Gasteiger partial charge in [-0.3, -0.25) is 4.79 Å². The highest BCUT2D eigenvalue weighted by Gasteiger charge is 2.29. The Morgan fingerprint density at radius 3 is 2.79 bits per heavy atom. The van der Waals surface area contributed by atoms with Gasteiger partial charge in [0.25, 0.3) is 0 Å². The summed E-state index contributed by atoms with van der Waals surface area (Å²) < 4.78 is 0. The minimum absolute atomic E-state index is 0.0320. The zero-order valence-corrected chi connectivity index (χ0v) is 11.1. The van der Waals surface area contributed by atoms with Crippen LogP contribution in [0.4, 0.5) is 0 Å². The Kier molecular flexibility index (Phi) is 4.80. The number of nitrogens with one attached hydrogen (secondary N) is 1. The third kappa shape index (κ3) is 3.47. The summed E-state index contributed by atoms with van der Waals surface area (Å²) in [6, 6.07) is 7.07. The second-order valence-corrected chi connectivity index (χ2v) is 5.23. The highest BCUT2D eigenvalue weighted by Crippen LogP contribution is 2.29. The van der Waals surface area contributed by atoms with Crippen LogP contribution in [0.2, 0.25) is 0 Å². The van der Waals surface area contributed by atoms with Crippen LogP contribution in [0.25, 0.3) is 0 Å². The normalized spacial score (nSPS) is 23.0. The molecule has 2 unspecified atom stereocenters. The molecule has 19 heavy (non-hydrogen) atoms. The largest absolute Gasteiger partial charge is 0.508 e. The number of aromatic hydroxyl groups is 1. The molecule has 1 fully saturated rings. The van der Waals surface area contributed by atoms with E-state index in [0.29, 0.717) is 19.0 Å². The number of nitrogens with two attached hydrogens (primary N) is 1. The summed E-state index contributed by atoms with van der Waals surface area (Å²) in [5.74, 6) is 0.628. The maximum atomic E-state index is 12.2. The topological polar surface area (TPSA) is 75.4 Å². The van der Waals surface area contributed by atoms with Crippen LogP contribution < -0.4 is 11.1 Å². The van der Waals surface area contributed by atoms with Crippen molar-refractivity contribution in [2.24, 2.45) is 17.6 Å². The molecule has 104 valence electrons. The molecule has 0 aromatic heterocycles. The standard InChI is InChI=1S/C15H22N2O2/c16-9-11-5-1-3-7-13(11)15(19)17-10-12-6-2-4-8-14(12)18/h2,4,6,8,11,13,18H,1,3,5,7,9-10,16H2,(H,17,19). The van der Waals surface area contributed by atoms with Gasteiger partial charge in [-0.1, -0.05) is 31.0 Å². The molecule has 0 bridgehead atoms. The van der Waals surface area contributed by atoms with Gasteiger partial charge in [0, 0.05) is 18.0 Å². The predicted molar refractivity (Wildman–Crippen MR) is 74.5 cm³/mol. The van der Waals surface area contributed by atoms with Crippen LogP contribution >= 0.6 is 0 Å². The smallest absolute Gasteiger partial charge is 0.223 e. The van der Waals surface area contributed by atoms with Crippen molar-refractivity contribution in [2.45, 2.75) is 32.2 Å². The molecular formula is C15H22N2O2. The number of benzene rings is 1. The molecule has 2 atom stereocenters. The van der Waals surface area contributed by atoms with E-state index in [1.807, 2.05) is 12.1 Å². The van der Waals surface area contributed by atoms with Crippen molar-refractivity contribution in [2.75, 3.05) is 6.54 Å². The van der Waals surface area contributed by atoms with E-state index >= 15 is 0 Å². The molecule has 0 saturated heterocycles. The second kappa shape index (κ2) is 6.57. The molecule has 1 saturated carbocycles. The molecule has 2 rings (SSSR count). The van der Waals surface area contributed by atoms with Crippen LogP contribution in [-0.2, 0) is 11.3 Å². The molecule has 1 aliphatic carbocycles. The Bertz CT molecular complexity index is 434. The van der Waals surface area contributed by atoms with Crippen LogP contribution in [-0.4, -0.2) is 17.6 Å². The van der Waals surface area contributed by atoms with E-state index in [0.717, 1.165) is 24.8 Å². The van der Waals surface area contributed by atoms with Crippen LogP contribution in [0, 0.1) is 11.8 Å². The lowest BCUT2D eigenvalue weighted by atomic mass is 9.79. The van der Waals surface area contributed by atoms with E-state index < -0.39 is 0 Å². The SMILES string of the molecule is NCC1CCCCC1C(=O)NCc1ccccc1O. The van der Waals surface area contributed by atoms with Gasteiger partial charge in [-0.25, -0.2) is 0 Å². The number of rotatable bonds is 4. The number of hydrogen-bond acceptors (Lipinski definition) is 3. The van der Waals surface area contributed by atoms with Gasteiger partial charge in [0.2, 0.25) is 5.91 Å². The summed E-state index contributed by atoms with van der Waals surface area (Å²) in [6.07, 6.45) is 4.25. The maximum Gasteiger partial charge on any atom is 0.223 e. The lowest BCUT2D eigenvalue weighted by molar-refractivity contribution is -0.127. The van der Waals surface area contributed by atoms with Crippen molar-refractivity contribution < 1.29 is 9.90 Å². The van der Waals surface area contributed by atoms with E-state index in [9.17, 15) is 9.90 Å². The first-order valence-corrected chi connectivity index (χ1v) is 6.97. The van der Waals surface area contributed by atoms with Gasteiger partial charge in [0.15, 0.2) is 0 Å². The van der Waals surface area contributed by atoms with Gasteiger partial charge in [-0.15, -0.1) is 0 Å². The van der Waals surface area contributed by atoms with Gasteiger partial charge in [0.05, 0.1) is 0 Å². The van der Waals surface area contributed by atoms with Gasteiger partial charge in [-0.05, 0) is 31.4 Å². The molecule has 4 N–H and O–H groups in total. The summed E-state index contributed by atoms with van der Waals surface area (Å²) >= 11 is 0. The van der Waals surface area contributed by atoms with E-state index in [4.69, 9.17) is 5.73 Å². The van der Waals surface area contributed by atoms with Gasteiger partial charge in [0.1, 0.15) is 5.75 Å². The van der Waals surface area contributed by atoms with Gasteiger partial charge in [-0.2, -0.15) is 0 Å². The summed E-state index contributed by atoms with van der Waals surface area (Å²) in [5.41, 5.74) is 6.49. The first-order valence-electron chi connectivity index (χ1n) is 6.97. The average Bonchev–Trinajstić information content (AvgIpc) is 2.46. The Morgan fingerprint density at radius 1 is 1.32 bits per heavy atom. The molecule has 4 nitrogen and oxygen atoms in total. The Balaban J connectivity index is 1.92.